The molecule has 0 aromatic heterocycles. The van der Waals surface area contributed by atoms with Gasteiger partial charge in [0, 0.05) is 28.2 Å². The summed E-state index contributed by atoms with van der Waals surface area (Å²) in [6.45, 7) is 0.192. The summed E-state index contributed by atoms with van der Waals surface area (Å²) in [4.78, 5) is 38.1. The van der Waals surface area contributed by atoms with Gasteiger partial charge in [-0.1, -0.05) is 66.7 Å². The number of benzene rings is 2. The van der Waals surface area contributed by atoms with Crippen LogP contribution in [0.3, 0.4) is 0 Å². The Morgan fingerprint density at radius 3 is 2.33 bits per heavy atom. The molecular formula is C23H18O4. The molecule has 2 aromatic rings. The maximum atomic E-state index is 13.0. The van der Waals surface area contributed by atoms with Crippen LogP contribution in [-0.2, 0) is 16.1 Å². The third-order valence-electron chi connectivity index (χ3n) is 4.95. The highest BCUT2D eigenvalue weighted by Gasteiger charge is 2.36. The lowest BCUT2D eigenvalue weighted by Gasteiger charge is -2.27. The molecule has 0 saturated carbocycles. The van der Waals surface area contributed by atoms with E-state index in [0.29, 0.717) is 28.7 Å². The van der Waals surface area contributed by atoms with Crippen LogP contribution in [0.4, 0.5) is 0 Å². The molecule has 2 aromatic carbocycles. The van der Waals surface area contributed by atoms with E-state index in [4.69, 9.17) is 4.74 Å². The average molecular weight is 358 g/mol. The quantitative estimate of drug-likeness (QED) is 0.610. The molecule has 4 nitrogen and oxygen atoms in total. The second kappa shape index (κ2) is 7.16. The fourth-order valence-corrected chi connectivity index (χ4v) is 3.63. The van der Waals surface area contributed by atoms with Crippen LogP contribution in [0.15, 0.2) is 77.9 Å². The van der Waals surface area contributed by atoms with E-state index in [1.165, 1.54) is 0 Å². The van der Waals surface area contributed by atoms with Crippen LogP contribution in [0, 0.1) is 5.92 Å². The van der Waals surface area contributed by atoms with E-state index in [1.54, 1.807) is 24.3 Å². The van der Waals surface area contributed by atoms with Crippen LogP contribution in [0.25, 0.3) is 0 Å². The van der Waals surface area contributed by atoms with Crippen LogP contribution >= 0.6 is 0 Å². The highest BCUT2D eigenvalue weighted by molar-refractivity contribution is 6.27. The van der Waals surface area contributed by atoms with Crippen molar-refractivity contribution in [1.82, 2.24) is 0 Å². The summed E-state index contributed by atoms with van der Waals surface area (Å²) in [6.07, 6.45) is 4.15. The third kappa shape index (κ3) is 3.26. The molecule has 0 bridgehead atoms. The van der Waals surface area contributed by atoms with Gasteiger partial charge in [0.05, 0.1) is 6.42 Å². The molecule has 0 fully saturated rings. The number of hydrogen-bond donors (Lipinski definition) is 0. The first-order chi connectivity index (χ1) is 13.1. The molecule has 0 heterocycles. The number of Topliss-reactive ketones (excluding diaryl/α,β-unsaturated/α-hetero) is 2. The Labute approximate surface area is 157 Å². The summed E-state index contributed by atoms with van der Waals surface area (Å²) >= 11 is 0. The van der Waals surface area contributed by atoms with Crippen molar-refractivity contribution in [3.05, 3.63) is 94.6 Å². The minimum absolute atomic E-state index is 0.0450. The molecule has 27 heavy (non-hydrogen) atoms. The van der Waals surface area contributed by atoms with Crippen molar-refractivity contribution >= 4 is 17.5 Å². The van der Waals surface area contributed by atoms with Gasteiger partial charge in [-0.2, -0.15) is 0 Å². The van der Waals surface area contributed by atoms with Crippen LogP contribution in [-0.4, -0.2) is 17.5 Å². The summed E-state index contributed by atoms with van der Waals surface area (Å²) in [7, 11) is 0. The predicted octanol–water partition coefficient (Wildman–Crippen LogP) is 4.07. The number of carbonyl (C=O) groups excluding carboxylic acids is 3. The normalized spacial score (nSPS) is 18.1. The van der Waals surface area contributed by atoms with Gasteiger partial charge in [-0.25, -0.2) is 0 Å². The van der Waals surface area contributed by atoms with Crippen LogP contribution in [0.2, 0.25) is 0 Å². The summed E-state index contributed by atoms with van der Waals surface area (Å²) in [5.41, 5.74) is 2.71. The molecule has 1 atom stereocenters. The Bertz CT molecular complexity index is 982. The monoisotopic (exact) mass is 358 g/mol. The van der Waals surface area contributed by atoms with E-state index >= 15 is 0 Å². The smallest absolute Gasteiger partial charge is 0.307 e. The van der Waals surface area contributed by atoms with E-state index in [0.717, 1.165) is 5.56 Å². The third-order valence-corrected chi connectivity index (χ3v) is 4.95. The van der Waals surface area contributed by atoms with Crippen molar-refractivity contribution in [2.75, 3.05) is 0 Å². The maximum Gasteiger partial charge on any atom is 0.307 e. The van der Waals surface area contributed by atoms with Gasteiger partial charge in [-0.05, 0) is 12.0 Å². The molecule has 0 N–H and O–H groups in total. The number of esters is 1. The van der Waals surface area contributed by atoms with Gasteiger partial charge >= 0.3 is 5.97 Å². The molecule has 0 radical (unpaired) electrons. The first-order valence-corrected chi connectivity index (χ1v) is 8.93. The zero-order valence-corrected chi connectivity index (χ0v) is 14.7. The van der Waals surface area contributed by atoms with E-state index in [1.807, 2.05) is 42.5 Å². The second-order valence-electron chi connectivity index (χ2n) is 6.69. The molecule has 1 unspecified atom stereocenters. The second-order valence-corrected chi connectivity index (χ2v) is 6.69. The largest absolute Gasteiger partial charge is 0.461 e. The number of fused-ring (bicyclic) bond motifs is 1. The van der Waals surface area contributed by atoms with Gasteiger partial charge in [-0.3, -0.25) is 14.4 Å². The van der Waals surface area contributed by atoms with E-state index in [2.05, 4.69) is 0 Å². The Morgan fingerprint density at radius 2 is 1.59 bits per heavy atom. The Kier molecular flexibility index (Phi) is 4.55. The lowest BCUT2D eigenvalue weighted by molar-refractivity contribution is -0.145. The van der Waals surface area contributed by atoms with Crippen molar-refractivity contribution in [2.24, 2.45) is 5.92 Å². The number of carbonyl (C=O) groups is 3. The fraction of sp³-hybridized carbons (Fsp3) is 0.174. The van der Waals surface area contributed by atoms with Crippen LogP contribution in [0.1, 0.15) is 39.1 Å². The number of ether oxygens (including phenoxy) is 1. The minimum atomic E-state index is -0.429. The Hall–Kier alpha value is -3.27. The zero-order valence-electron chi connectivity index (χ0n) is 14.7. The standard InChI is InChI=1S/C23H18O4/c24-20(27-14-15-7-2-1-3-8-15)13-16-9-6-12-19-21(16)23(26)18-11-5-4-10-17(18)22(19)25/h1-11,16H,12-14H2. The number of hydrogen-bond acceptors (Lipinski definition) is 4. The Balaban J connectivity index is 1.53. The number of rotatable bonds is 4. The molecule has 0 aliphatic heterocycles. The zero-order chi connectivity index (χ0) is 18.8. The molecule has 2 aliphatic carbocycles. The van der Waals surface area contributed by atoms with Crippen molar-refractivity contribution in [1.29, 1.82) is 0 Å². The predicted molar refractivity (Wildman–Crippen MR) is 100 cm³/mol. The van der Waals surface area contributed by atoms with Gasteiger partial charge in [0.15, 0.2) is 11.6 Å². The summed E-state index contributed by atoms with van der Waals surface area (Å²) in [5, 5.41) is 0. The van der Waals surface area contributed by atoms with Gasteiger partial charge in [0.2, 0.25) is 0 Å². The first kappa shape index (κ1) is 17.2. The summed E-state index contributed by atoms with van der Waals surface area (Å²) in [5.74, 6) is -1.10. The molecule has 4 rings (SSSR count). The van der Waals surface area contributed by atoms with Gasteiger partial charge in [0.25, 0.3) is 0 Å². The lowest BCUT2D eigenvalue weighted by Crippen LogP contribution is -2.28. The maximum absolute atomic E-state index is 13.0. The van der Waals surface area contributed by atoms with Crippen molar-refractivity contribution in [2.45, 2.75) is 19.4 Å². The molecule has 0 amide bonds. The molecule has 0 spiro atoms. The van der Waals surface area contributed by atoms with Gasteiger partial charge < -0.3 is 4.74 Å². The number of ketones is 2. The van der Waals surface area contributed by atoms with Crippen molar-refractivity contribution in [3.63, 3.8) is 0 Å². The van der Waals surface area contributed by atoms with Gasteiger partial charge in [0.1, 0.15) is 6.61 Å². The lowest BCUT2D eigenvalue weighted by atomic mass is 9.74. The number of allylic oxidation sites excluding steroid dienone is 4. The summed E-state index contributed by atoms with van der Waals surface area (Å²) in [6, 6.07) is 16.3. The first-order valence-electron chi connectivity index (χ1n) is 8.93. The van der Waals surface area contributed by atoms with E-state index < -0.39 is 5.92 Å². The summed E-state index contributed by atoms with van der Waals surface area (Å²) < 4.78 is 5.35. The highest BCUT2D eigenvalue weighted by Crippen LogP contribution is 2.37. The van der Waals surface area contributed by atoms with Crippen LogP contribution < -0.4 is 0 Å². The highest BCUT2D eigenvalue weighted by atomic mass is 16.5. The average Bonchev–Trinajstić information content (AvgIpc) is 2.71. The topological polar surface area (TPSA) is 60.4 Å². The van der Waals surface area contributed by atoms with Crippen molar-refractivity contribution in [3.8, 4) is 0 Å². The van der Waals surface area contributed by atoms with Crippen molar-refractivity contribution < 1.29 is 19.1 Å². The molecule has 134 valence electrons. The molecule has 4 heteroatoms. The SMILES string of the molecule is O=C(CC1C=CCC2=C1C(=O)c1ccccc1C2=O)OCc1ccccc1. The fourth-order valence-electron chi connectivity index (χ4n) is 3.63. The molecule has 2 aliphatic rings. The van der Waals surface area contributed by atoms with Crippen LogP contribution in [0.5, 0.6) is 0 Å². The van der Waals surface area contributed by atoms with E-state index in [9.17, 15) is 14.4 Å². The van der Waals surface area contributed by atoms with E-state index in [-0.39, 0.29) is 30.6 Å². The Morgan fingerprint density at radius 1 is 0.926 bits per heavy atom. The minimum Gasteiger partial charge on any atom is -0.461 e. The molecule has 0 saturated heterocycles. The van der Waals surface area contributed by atoms with Gasteiger partial charge in [-0.15, -0.1) is 0 Å². The molecular weight excluding hydrogens is 340 g/mol.